The zero-order valence-electron chi connectivity index (χ0n) is 13.8. The fourth-order valence-electron chi connectivity index (χ4n) is 2.43. The number of nitrogens with zero attached hydrogens (tertiary/aromatic N) is 1. The van der Waals surface area contributed by atoms with E-state index in [4.69, 9.17) is 0 Å². The van der Waals surface area contributed by atoms with E-state index in [1.807, 2.05) is 27.7 Å². The molecule has 0 aliphatic carbocycles. The van der Waals surface area contributed by atoms with Gasteiger partial charge in [-0.05, 0) is 11.8 Å². The molecule has 0 aromatic carbocycles. The Labute approximate surface area is 122 Å². The lowest BCUT2D eigenvalue weighted by Crippen LogP contribution is -2.30. The molecule has 0 saturated carbocycles. The fourth-order valence-corrected chi connectivity index (χ4v) is 2.43. The molecule has 1 aromatic heterocycles. The topological polar surface area (TPSA) is 62.5 Å². The highest BCUT2D eigenvalue weighted by molar-refractivity contribution is 5.24. The van der Waals surface area contributed by atoms with Crippen LogP contribution in [-0.2, 0) is 5.41 Å². The van der Waals surface area contributed by atoms with E-state index >= 15 is 0 Å². The molecule has 0 unspecified atom stereocenters. The smallest absolute Gasteiger partial charge is 0.223 e. The molecular weight excluding hydrogens is 254 g/mol. The minimum absolute atomic E-state index is 0.122. The van der Waals surface area contributed by atoms with Crippen LogP contribution in [0.5, 0.6) is 5.75 Å². The third-order valence-electron chi connectivity index (χ3n) is 3.58. The summed E-state index contributed by atoms with van der Waals surface area (Å²) >= 11 is 0. The van der Waals surface area contributed by atoms with Crippen molar-refractivity contribution in [1.29, 1.82) is 0 Å². The van der Waals surface area contributed by atoms with Crippen molar-refractivity contribution in [2.45, 2.75) is 66.7 Å². The average molecular weight is 283 g/mol. The summed E-state index contributed by atoms with van der Waals surface area (Å²) in [5.41, 5.74) is -0.164. The van der Waals surface area contributed by atoms with E-state index in [1.165, 1.54) is 6.07 Å². The summed E-state index contributed by atoms with van der Waals surface area (Å²) in [5.74, 6) is -0.438. The minimum Gasteiger partial charge on any atom is -0.503 e. The Morgan fingerprint density at radius 3 is 2.15 bits per heavy atom. The Morgan fingerprint density at radius 1 is 1.20 bits per heavy atom. The molecule has 0 amide bonds. The van der Waals surface area contributed by atoms with E-state index in [9.17, 15) is 15.1 Å². The molecule has 4 nitrogen and oxygen atoms in total. The fraction of sp³-hybridized carbons (Fsp3) is 0.688. The minimum atomic E-state index is -0.460. The molecule has 0 bridgehead atoms. The largest absolute Gasteiger partial charge is 0.503 e. The molecule has 2 N–H and O–H groups in total. The molecule has 116 valence electrons. The van der Waals surface area contributed by atoms with E-state index in [1.54, 1.807) is 0 Å². The van der Waals surface area contributed by atoms with E-state index in [0.29, 0.717) is 5.69 Å². The van der Waals surface area contributed by atoms with Crippen molar-refractivity contribution in [3.8, 4) is 5.75 Å². The zero-order chi connectivity index (χ0) is 16.1. The van der Waals surface area contributed by atoms with E-state index in [2.05, 4.69) is 20.8 Å². The molecule has 0 spiro atoms. The molecule has 20 heavy (non-hydrogen) atoms. The van der Waals surface area contributed by atoms with E-state index in [0.717, 1.165) is 23.8 Å². The standard InChI is InChI=1S/C14H23NO3.C2H6/c1-6-13(2,3)9-14(4,5)12-7-10(16)11(17)8-15(12)18;1-2/h7-8,17-18H,6,9H2,1-5H3;1-2H3. The van der Waals surface area contributed by atoms with Crippen LogP contribution in [0.15, 0.2) is 17.1 Å². The van der Waals surface area contributed by atoms with Gasteiger partial charge in [0.05, 0.1) is 11.9 Å². The number of pyridine rings is 1. The maximum atomic E-state index is 11.5. The molecule has 4 heteroatoms. The van der Waals surface area contributed by atoms with Crippen LogP contribution in [0.1, 0.15) is 67.0 Å². The molecule has 1 rings (SSSR count). The van der Waals surface area contributed by atoms with Crippen LogP contribution in [0.2, 0.25) is 0 Å². The summed E-state index contributed by atoms with van der Waals surface area (Å²) in [6.07, 6.45) is 2.91. The number of hydrogen-bond donors (Lipinski definition) is 2. The van der Waals surface area contributed by atoms with Crippen LogP contribution >= 0.6 is 0 Å². The SMILES string of the molecule is CC.CCC(C)(C)CC(C)(C)c1cc(=O)c(O)cn1O. The zero-order valence-corrected chi connectivity index (χ0v) is 13.8. The number of hydrogen-bond acceptors (Lipinski definition) is 3. The lowest BCUT2D eigenvalue weighted by Gasteiger charge is -2.35. The monoisotopic (exact) mass is 283 g/mol. The van der Waals surface area contributed by atoms with Gasteiger partial charge in [-0.15, -0.1) is 0 Å². The van der Waals surface area contributed by atoms with Crippen molar-refractivity contribution in [3.63, 3.8) is 0 Å². The highest BCUT2D eigenvalue weighted by Gasteiger charge is 2.31. The van der Waals surface area contributed by atoms with Gasteiger partial charge in [0.1, 0.15) is 0 Å². The van der Waals surface area contributed by atoms with Gasteiger partial charge in [0.15, 0.2) is 5.75 Å². The summed E-state index contributed by atoms with van der Waals surface area (Å²) in [7, 11) is 0. The molecule has 0 atom stereocenters. The van der Waals surface area contributed by atoms with Crippen molar-refractivity contribution < 1.29 is 10.3 Å². The maximum Gasteiger partial charge on any atom is 0.223 e. The van der Waals surface area contributed by atoms with E-state index in [-0.39, 0.29) is 10.8 Å². The first-order valence-corrected chi connectivity index (χ1v) is 7.24. The maximum absolute atomic E-state index is 11.5. The van der Waals surface area contributed by atoms with Crippen LogP contribution in [-0.4, -0.2) is 15.0 Å². The summed E-state index contributed by atoms with van der Waals surface area (Å²) in [6.45, 7) is 14.4. The number of aromatic hydroxyl groups is 1. The first-order valence-electron chi connectivity index (χ1n) is 7.24. The van der Waals surface area contributed by atoms with E-state index < -0.39 is 11.2 Å². The van der Waals surface area contributed by atoms with Gasteiger partial charge < -0.3 is 10.3 Å². The third kappa shape index (κ3) is 4.58. The first-order chi connectivity index (χ1) is 9.09. The van der Waals surface area contributed by atoms with Crippen molar-refractivity contribution >= 4 is 0 Å². The normalized spacial score (nSPS) is 11.8. The Kier molecular flexibility index (Phi) is 6.32. The Balaban J connectivity index is 0.00000172. The van der Waals surface area contributed by atoms with Crippen LogP contribution in [0.25, 0.3) is 0 Å². The van der Waals surface area contributed by atoms with Gasteiger partial charge in [-0.3, -0.25) is 4.79 Å². The second-order valence-corrected chi connectivity index (χ2v) is 6.33. The highest BCUT2D eigenvalue weighted by Crippen LogP contribution is 2.37. The van der Waals surface area contributed by atoms with Crippen molar-refractivity contribution in [2.75, 3.05) is 0 Å². The first kappa shape index (κ1) is 18.6. The van der Waals surface area contributed by atoms with Gasteiger partial charge in [0.2, 0.25) is 5.43 Å². The van der Waals surface area contributed by atoms with Crippen molar-refractivity contribution in [1.82, 2.24) is 4.73 Å². The van der Waals surface area contributed by atoms with Crippen LogP contribution in [0, 0.1) is 5.41 Å². The van der Waals surface area contributed by atoms with Gasteiger partial charge in [0, 0.05) is 11.5 Å². The molecular formula is C16H29NO3. The van der Waals surface area contributed by atoms with Crippen LogP contribution in [0.3, 0.4) is 0 Å². The summed E-state index contributed by atoms with van der Waals surface area (Å²) in [4.78, 5) is 11.5. The molecule has 1 aromatic rings. The van der Waals surface area contributed by atoms with Gasteiger partial charge in [-0.25, -0.2) is 0 Å². The quantitative estimate of drug-likeness (QED) is 0.823. The molecule has 0 saturated heterocycles. The molecule has 0 aliphatic heterocycles. The highest BCUT2D eigenvalue weighted by atomic mass is 16.5. The predicted molar refractivity (Wildman–Crippen MR) is 82.6 cm³/mol. The molecule has 1 heterocycles. The van der Waals surface area contributed by atoms with Gasteiger partial charge in [-0.1, -0.05) is 54.9 Å². The molecule has 0 radical (unpaired) electrons. The summed E-state index contributed by atoms with van der Waals surface area (Å²) in [6, 6.07) is 1.31. The van der Waals surface area contributed by atoms with Gasteiger partial charge in [0.25, 0.3) is 0 Å². The second-order valence-electron chi connectivity index (χ2n) is 6.33. The van der Waals surface area contributed by atoms with Crippen molar-refractivity contribution in [3.05, 3.63) is 28.2 Å². The second kappa shape index (κ2) is 6.82. The van der Waals surface area contributed by atoms with Crippen LogP contribution in [0.4, 0.5) is 0 Å². The number of rotatable bonds is 4. The van der Waals surface area contributed by atoms with Gasteiger partial charge in [-0.2, -0.15) is 4.73 Å². The average Bonchev–Trinajstić information content (AvgIpc) is 2.35. The summed E-state index contributed by atoms with van der Waals surface area (Å²) in [5, 5.41) is 19.1. The lowest BCUT2D eigenvalue weighted by atomic mass is 9.72. The predicted octanol–water partition coefficient (Wildman–Crippen LogP) is 3.92. The third-order valence-corrected chi connectivity index (χ3v) is 3.58. The molecule has 0 aliphatic rings. The van der Waals surface area contributed by atoms with Crippen LogP contribution < -0.4 is 5.43 Å². The van der Waals surface area contributed by atoms with Gasteiger partial charge >= 0.3 is 0 Å². The lowest BCUT2D eigenvalue weighted by molar-refractivity contribution is 0.144. The Morgan fingerprint density at radius 2 is 1.70 bits per heavy atom. The number of aromatic nitrogens is 1. The van der Waals surface area contributed by atoms with Crippen molar-refractivity contribution in [2.24, 2.45) is 5.41 Å². The Hall–Kier alpha value is -1.45. The summed E-state index contributed by atoms with van der Waals surface area (Å²) < 4.78 is 0.850. The molecule has 0 fully saturated rings. The Bertz CT molecular complexity index is 487.